The third kappa shape index (κ3) is 18.2. The van der Waals surface area contributed by atoms with Gasteiger partial charge < -0.3 is 10.8 Å². The summed E-state index contributed by atoms with van der Waals surface area (Å²) in [5, 5.41) is 9.58. The molecule has 0 aliphatic rings. The van der Waals surface area contributed by atoms with Crippen molar-refractivity contribution < 1.29 is 5.11 Å². The van der Waals surface area contributed by atoms with Crippen molar-refractivity contribution in [2.45, 2.75) is 116 Å². The van der Waals surface area contributed by atoms with Gasteiger partial charge in [-0.1, -0.05) is 90.4 Å². The molecule has 0 radical (unpaired) electrons. The normalized spacial score (nSPS) is 13.7. The van der Waals surface area contributed by atoms with E-state index < -0.39 is 0 Å². The summed E-state index contributed by atoms with van der Waals surface area (Å²) in [6.07, 6.45) is 18.4. The summed E-state index contributed by atoms with van der Waals surface area (Å²) in [6.45, 7) is 4.16. The minimum absolute atomic E-state index is 0. The van der Waals surface area contributed by atoms with Gasteiger partial charge in [-0.15, -0.1) is 12.4 Å². The van der Waals surface area contributed by atoms with Crippen molar-refractivity contribution in [3.05, 3.63) is 0 Å². The van der Waals surface area contributed by atoms with E-state index in [0.29, 0.717) is 0 Å². The van der Waals surface area contributed by atoms with Gasteiger partial charge in [-0.2, -0.15) is 0 Å². The molecule has 0 spiro atoms. The third-order valence-electron chi connectivity index (χ3n) is 4.21. The van der Waals surface area contributed by atoms with Gasteiger partial charge >= 0.3 is 0 Å². The molecule has 0 aromatic carbocycles. The Morgan fingerprint density at radius 2 is 1.05 bits per heavy atom. The Bertz CT molecular complexity index is 188. The van der Waals surface area contributed by atoms with Crippen molar-refractivity contribution in [1.29, 1.82) is 0 Å². The predicted octanol–water partition coefficient (Wildman–Crippen LogP) is 5.60. The fourth-order valence-corrected chi connectivity index (χ4v) is 2.63. The summed E-state index contributed by atoms with van der Waals surface area (Å²) >= 11 is 0. The van der Waals surface area contributed by atoms with Gasteiger partial charge in [-0.3, -0.25) is 0 Å². The Labute approximate surface area is 139 Å². The van der Waals surface area contributed by atoms with Crippen LogP contribution in [0.15, 0.2) is 0 Å². The van der Waals surface area contributed by atoms with Crippen molar-refractivity contribution in [2.75, 3.05) is 0 Å². The quantitative estimate of drug-likeness (QED) is 0.386. The van der Waals surface area contributed by atoms with Crippen LogP contribution in [0.4, 0.5) is 0 Å². The van der Waals surface area contributed by atoms with Crippen LogP contribution >= 0.6 is 12.4 Å². The van der Waals surface area contributed by atoms with E-state index >= 15 is 0 Å². The number of unbranched alkanes of at least 4 members (excludes halogenated alkanes) is 12. The molecule has 0 heterocycles. The third-order valence-corrected chi connectivity index (χ3v) is 4.21. The second-order valence-electron chi connectivity index (χ2n) is 6.46. The summed E-state index contributed by atoms with van der Waals surface area (Å²) in [5.41, 5.74) is 5.63. The Hall–Kier alpha value is 0.210. The van der Waals surface area contributed by atoms with Crippen LogP contribution in [-0.2, 0) is 0 Å². The van der Waals surface area contributed by atoms with E-state index in [1.807, 2.05) is 6.92 Å². The first-order valence-electron chi connectivity index (χ1n) is 9.12. The zero-order valence-corrected chi connectivity index (χ0v) is 15.3. The van der Waals surface area contributed by atoms with E-state index in [9.17, 15) is 5.11 Å². The highest BCUT2D eigenvalue weighted by Gasteiger charge is 2.07. The summed E-state index contributed by atoms with van der Waals surface area (Å²) in [7, 11) is 0. The van der Waals surface area contributed by atoms with Gasteiger partial charge in [0.2, 0.25) is 0 Å². The molecule has 0 unspecified atom stereocenters. The Kier molecular flexibility index (Phi) is 20.4. The van der Waals surface area contributed by atoms with Crippen LogP contribution in [0.3, 0.4) is 0 Å². The second kappa shape index (κ2) is 18.3. The molecule has 0 rings (SSSR count). The largest absolute Gasteiger partial charge is 0.392 e. The standard InChI is InChI=1S/C18H39NO.ClH/c1-3-4-5-6-7-8-9-10-11-12-13-14-15-16-18(20)17(2)19;/h17-18,20H,3-16,19H2,1-2H3;1H/t17-,18+;/m0./s1. The van der Waals surface area contributed by atoms with Crippen LogP contribution in [0, 0.1) is 0 Å². The van der Waals surface area contributed by atoms with Gasteiger partial charge in [0, 0.05) is 6.04 Å². The molecule has 3 heteroatoms. The average Bonchev–Trinajstić information content (AvgIpc) is 2.43. The molecule has 21 heavy (non-hydrogen) atoms. The summed E-state index contributed by atoms with van der Waals surface area (Å²) in [6, 6.07) is -0.0765. The van der Waals surface area contributed by atoms with Crippen molar-refractivity contribution >= 4 is 12.4 Å². The first-order chi connectivity index (χ1) is 9.68. The van der Waals surface area contributed by atoms with Crippen LogP contribution < -0.4 is 5.73 Å². The van der Waals surface area contributed by atoms with Gasteiger partial charge in [0.15, 0.2) is 0 Å². The molecule has 0 amide bonds. The topological polar surface area (TPSA) is 46.2 Å². The minimum Gasteiger partial charge on any atom is -0.392 e. The molecule has 0 aliphatic heterocycles. The second-order valence-corrected chi connectivity index (χ2v) is 6.46. The Morgan fingerprint density at radius 1 is 0.714 bits per heavy atom. The molecule has 0 aromatic heterocycles. The maximum Gasteiger partial charge on any atom is 0.0688 e. The lowest BCUT2D eigenvalue weighted by Gasteiger charge is -2.13. The minimum atomic E-state index is -0.303. The van der Waals surface area contributed by atoms with Crippen molar-refractivity contribution in [1.82, 2.24) is 0 Å². The number of hydrogen-bond donors (Lipinski definition) is 2. The lowest BCUT2D eigenvalue weighted by molar-refractivity contribution is 0.138. The molecule has 2 atom stereocenters. The highest BCUT2D eigenvalue weighted by Crippen LogP contribution is 2.13. The zero-order chi connectivity index (χ0) is 15.1. The predicted molar refractivity (Wildman–Crippen MR) is 97.2 cm³/mol. The molecular formula is C18H40ClNO. The van der Waals surface area contributed by atoms with Crippen molar-refractivity contribution in [3.63, 3.8) is 0 Å². The van der Waals surface area contributed by atoms with E-state index in [0.717, 1.165) is 12.8 Å². The fraction of sp³-hybridized carbons (Fsp3) is 1.00. The summed E-state index contributed by atoms with van der Waals surface area (Å²) in [5.74, 6) is 0. The van der Waals surface area contributed by atoms with Gasteiger partial charge in [-0.05, 0) is 13.3 Å². The zero-order valence-electron chi connectivity index (χ0n) is 14.5. The van der Waals surface area contributed by atoms with Crippen LogP contribution in [0.2, 0.25) is 0 Å². The Balaban J connectivity index is 0. The highest BCUT2D eigenvalue weighted by atomic mass is 35.5. The van der Waals surface area contributed by atoms with Gasteiger partial charge in [0.1, 0.15) is 0 Å². The highest BCUT2D eigenvalue weighted by molar-refractivity contribution is 5.85. The maximum atomic E-state index is 9.58. The number of hydrogen-bond acceptors (Lipinski definition) is 2. The number of rotatable bonds is 15. The molecule has 0 aliphatic carbocycles. The van der Waals surface area contributed by atoms with E-state index in [4.69, 9.17) is 5.73 Å². The average molecular weight is 322 g/mol. The van der Waals surface area contributed by atoms with Crippen molar-refractivity contribution in [2.24, 2.45) is 5.73 Å². The molecule has 3 N–H and O–H groups in total. The van der Waals surface area contributed by atoms with Gasteiger partial charge in [0.05, 0.1) is 6.10 Å². The van der Waals surface area contributed by atoms with Crippen molar-refractivity contribution in [3.8, 4) is 0 Å². The van der Waals surface area contributed by atoms with Crippen LogP contribution in [0.5, 0.6) is 0 Å². The monoisotopic (exact) mass is 321 g/mol. The molecule has 0 aromatic rings. The molecule has 0 fully saturated rings. The first kappa shape index (κ1) is 23.5. The van der Waals surface area contributed by atoms with E-state index in [1.54, 1.807) is 0 Å². The van der Waals surface area contributed by atoms with Crippen LogP contribution in [0.25, 0.3) is 0 Å². The van der Waals surface area contributed by atoms with Crippen LogP contribution in [0.1, 0.15) is 104 Å². The molecular weight excluding hydrogens is 282 g/mol. The summed E-state index contributed by atoms with van der Waals surface area (Å²) < 4.78 is 0. The number of halogens is 1. The van der Waals surface area contributed by atoms with E-state index in [-0.39, 0.29) is 24.6 Å². The van der Waals surface area contributed by atoms with Gasteiger partial charge in [-0.25, -0.2) is 0 Å². The molecule has 0 saturated carbocycles. The maximum absolute atomic E-state index is 9.58. The summed E-state index contributed by atoms with van der Waals surface area (Å²) in [4.78, 5) is 0. The Morgan fingerprint density at radius 3 is 1.38 bits per heavy atom. The lowest BCUT2D eigenvalue weighted by atomic mass is 10.0. The smallest absolute Gasteiger partial charge is 0.0688 e. The number of aliphatic hydroxyl groups excluding tert-OH is 1. The number of nitrogens with two attached hydrogens (primary N) is 1. The van der Waals surface area contributed by atoms with Gasteiger partial charge in [0.25, 0.3) is 0 Å². The molecule has 0 saturated heterocycles. The fourth-order valence-electron chi connectivity index (χ4n) is 2.63. The molecule has 2 nitrogen and oxygen atoms in total. The SMILES string of the molecule is CCCCCCCCCCCCCCC[C@@H](O)[C@H](C)N.Cl. The van der Waals surface area contributed by atoms with Crippen LogP contribution in [-0.4, -0.2) is 17.3 Å². The van der Waals surface area contributed by atoms with E-state index in [2.05, 4.69) is 6.92 Å². The first-order valence-corrected chi connectivity index (χ1v) is 9.12. The van der Waals surface area contributed by atoms with E-state index in [1.165, 1.54) is 77.0 Å². The number of aliphatic hydroxyl groups is 1. The molecule has 130 valence electrons. The molecule has 0 bridgehead atoms. The lowest BCUT2D eigenvalue weighted by Crippen LogP contribution is -2.31.